The van der Waals surface area contributed by atoms with Crippen LogP contribution in [0.1, 0.15) is 23.3 Å². The van der Waals surface area contributed by atoms with Crippen LogP contribution in [0.3, 0.4) is 0 Å². The van der Waals surface area contributed by atoms with Gasteiger partial charge in [-0.25, -0.2) is 9.78 Å². The smallest absolute Gasteiger partial charge is 0.391 e. The van der Waals surface area contributed by atoms with Gasteiger partial charge in [0.2, 0.25) is 0 Å². The van der Waals surface area contributed by atoms with Crippen LogP contribution in [-0.4, -0.2) is 42.4 Å². The van der Waals surface area contributed by atoms with Gasteiger partial charge in [-0.2, -0.15) is 13.2 Å². The van der Waals surface area contributed by atoms with E-state index in [1.165, 1.54) is 13.2 Å². The maximum atomic E-state index is 12.9. The third kappa shape index (κ3) is 3.47. The Morgan fingerprint density at radius 2 is 1.96 bits per heavy atom. The molecule has 8 heteroatoms. The Morgan fingerprint density at radius 1 is 1.28 bits per heavy atom. The molecule has 5 nitrogen and oxygen atoms in total. The van der Waals surface area contributed by atoms with E-state index in [2.05, 4.69) is 4.98 Å². The quantitative estimate of drug-likeness (QED) is 0.910. The Labute approximate surface area is 142 Å². The third-order valence-corrected chi connectivity index (χ3v) is 4.49. The molecule has 0 bridgehead atoms. The number of benzene rings is 1. The van der Waals surface area contributed by atoms with Gasteiger partial charge in [-0.1, -0.05) is 0 Å². The summed E-state index contributed by atoms with van der Waals surface area (Å²) in [6, 6.07) is 6.59. The number of carbonyl (C=O) groups is 1. The van der Waals surface area contributed by atoms with Crippen molar-refractivity contribution >= 4 is 22.6 Å². The lowest BCUT2D eigenvalue weighted by Crippen LogP contribution is -2.39. The number of nitrogens with zero attached hydrogens (tertiary/aromatic N) is 2. The van der Waals surface area contributed by atoms with Crippen molar-refractivity contribution in [2.45, 2.75) is 19.0 Å². The molecular formula is C17H17F3N2O3. The summed E-state index contributed by atoms with van der Waals surface area (Å²) in [6.07, 6.45) is -4.25. The first-order chi connectivity index (χ1) is 11.8. The van der Waals surface area contributed by atoms with E-state index in [0.717, 1.165) is 0 Å². The molecule has 3 rings (SSSR count). The number of carboxylic acids is 1. The lowest BCUT2D eigenvalue weighted by molar-refractivity contribution is -0.179. The number of alkyl halides is 3. The van der Waals surface area contributed by atoms with Gasteiger partial charge in [0, 0.05) is 18.5 Å². The first-order valence-electron chi connectivity index (χ1n) is 7.83. The van der Waals surface area contributed by atoms with Crippen molar-refractivity contribution in [3.63, 3.8) is 0 Å². The maximum absolute atomic E-state index is 12.9. The average molecular weight is 354 g/mol. The summed E-state index contributed by atoms with van der Waals surface area (Å²) in [4.78, 5) is 17.3. The zero-order chi connectivity index (χ0) is 18.2. The number of carboxylic acid groups (broad SMARTS) is 1. The predicted molar refractivity (Wildman–Crippen MR) is 86.2 cm³/mol. The van der Waals surface area contributed by atoms with Crippen LogP contribution in [0.4, 0.5) is 19.0 Å². The number of aromatic carboxylic acids is 1. The fraction of sp³-hybridized carbons (Fsp3) is 0.412. The van der Waals surface area contributed by atoms with Gasteiger partial charge in [0.05, 0.1) is 13.0 Å². The summed E-state index contributed by atoms with van der Waals surface area (Å²) in [7, 11) is 1.50. The number of anilines is 1. The average Bonchev–Trinajstić information content (AvgIpc) is 2.59. The molecule has 0 saturated carbocycles. The second-order valence-electron chi connectivity index (χ2n) is 6.03. The van der Waals surface area contributed by atoms with Gasteiger partial charge >= 0.3 is 12.1 Å². The highest BCUT2D eigenvalue weighted by atomic mass is 19.4. The Bertz CT molecular complexity index is 800. The highest BCUT2D eigenvalue weighted by Crippen LogP contribution is 2.37. The molecule has 1 aliphatic heterocycles. The Hall–Kier alpha value is -2.51. The first kappa shape index (κ1) is 17.3. The molecule has 134 valence electrons. The monoisotopic (exact) mass is 354 g/mol. The molecule has 0 amide bonds. The molecule has 0 atom stereocenters. The molecule has 25 heavy (non-hydrogen) atoms. The molecule has 2 heterocycles. The standard InChI is InChI=1S/C17H17F3N2O3/c1-25-12-2-3-13-10(8-12)9-14(16(23)24)21-15(13)22-6-4-11(5-7-22)17(18,19)20/h2-3,8-9,11H,4-7H2,1H3,(H,23,24). The van der Waals surface area contributed by atoms with Gasteiger partial charge in [-0.05, 0) is 42.5 Å². The van der Waals surface area contributed by atoms with Gasteiger partial charge in [0.15, 0.2) is 5.69 Å². The first-order valence-corrected chi connectivity index (χ1v) is 7.83. The molecule has 1 aliphatic rings. The number of hydrogen-bond donors (Lipinski definition) is 1. The van der Waals surface area contributed by atoms with Crippen molar-refractivity contribution in [2.24, 2.45) is 5.92 Å². The fourth-order valence-electron chi connectivity index (χ4n) is 3.11. The van der Waals surface area contributed by atoms with E-state index < -0.39 is 18.1 Å². The Kier molecular flexibility index (Phi) is 4.45. The van der Waals surface area contributed by atoms with Crippen LogP contribution in [0.15, 0.2) is 24.3 Å². The summed E-state index contributed by atoms with van der Waals surface area (Å²) in [5, 5.41) is 10.6. The number of aromatic nitrogens is 1. The predicted octanol–water partition coefficient (Wildman–Crippen LogP) is 3.72. The summed E-state index contributed by atoms with van der Waals surface area (Å²) in [5.41, 5.74) is -0.145. The zero-order valence-electron chi connectivity index (χ0n) is 13.5. The molecule has 0 radical (unpaired) electrons. The Morgan fingerprint density at radius 3 is 2.52 bits per heavy atom. The van der Waals surface area contributed by atoms with Crippen LogP contribution >= 0.6 is 0 Å². The van der Waals surface area contributed by atoms with Crippen LogP contribution in [0, 0.1) is 5.92 Å². The van der Waals surface area contributed by atoms with Crippen molar-refractivity contribution in [1.82, 2.24) is 4.98 Å². The van der Waals surface area contributed by atoms with E-state index in [1.54, 1.807) is 23.1 Å². The molecule has 2 aromatic rings. The van der Waals surface area contributed by atoms with E-state index in [-0.39, 0.29) is 31.6 Å². The summed E-state index contributed by atoms with van der Waals surface area (Å²) in [6.45, 7) is 0.364. The van der Waals surface area contributed by atoms with E-state index in [0.29, 0.717) is 22.3 Å². The van der Waals surface area contributed by atoms with Crippen LogP contribution in [-0.2, 0) is 0 Å². The van der Waals surface area contributed by atoms with Gasteiger partial charge in [0.1, 0.15) is 11.6 Å². The SMILES string of the molecule is COc1ccc2c(N3CCC(C(F)(F)F)CC3)nc(C(=O)O)cc2c1. The van der Waals surface area contributed by atoms with Crippen molar-refractivity contribution in [2.75, 3.05) is 25.1 Å². The highest BCUT2D eigenvalue weighted by Gasteiger charge is 2.41. The number of rotatable bonds is 3. The normalized spacial score (nSPS) is 16.2. The molecule has 0 spiro atoms. The van der Waals surface area contributed by atoms with E-state index >= 15 is 0 Å². The minimum absolute atomic E-state index is 0.0277. The number of ether oxygens (including phenoxy) is 1. The van der Waals surface area contributed by atoms with E-state index in [1.807, 2.05) is 0 Å². The van der Waals surface area contributed by atoms with Gasteiger partial charge in [-0.3, -0.25) is 0 Å². The molecule has 1 saturated heterocycles. The van der Waals surface area contributed by atoms with Crippen molar-refractivity contribution in [1.29, 1.82) is 0 Å². The lowest BCUT2D eigenvalue weighted by Gasteiger charge is -2.34. The van der Waals surface area contributed by atoms with Crippen molar-refractivity contribution in [3.05, 3.63) is 30.0 Å². The van der Waals surface area contributed by atoms with Crippen LogP contribution in [0.2, 0.25) is 0 Å². The summed E-state index contributed by atoms with van der Waals surface area (Å²) < 4.78 is 43.7. The second kappa shape index (κ2) is 6.42. The maximum Gasteiger partial charge on any atom is 0.391 e. The van der Waals surface area contributed by atoms with Crippen molar-refractivity contribution in [3.8, 4) is 5.75 Å². The fourth-order valence-corrected chi connectivity index (χ4v) is 3.11. The molecule has 1 aromatic carbocycles. The topological polar surface area (TPSA) is 62.7 Å². The van der Waals surface area contributed by atoms with Crippen LogP contribution in [0.25, 0.3) is 10.8 Å². The highest BCUT2D eigenvalue weighted by molar-refractivity contribution is 5.98. The number of hydrogen-bond acceptors (Lipinski definition) is 4. The number of fused-ring (bicyclic) bond motifs is 1. The molecule has 0 unspecified atom stereocenters. The lowest BCUT2D eigenvalue weighted by atomic mass is 9.96. The van der Waals surface area contributed by atoms with Crippen molar-refractivity contribution < 1.29 is 27.8 Å². The number of pyridine rings is 1. The molecule has 1 fully saturated rings. The third-order valence-electron chi connectivity index (χ3n) is 4.49. The number of methoxy groups -OCH3 is 1. The molecule has 1 N–H and O–H groups in total. The molecule has 1 aromatic heterocycles. The molecule has 0 aliphatic carbocycles. The number of halogens is 3. The van der Waals surface area contributed by atoms with E-state index in [9.17, 15) is 23.1 Å². The summed E-state index contributed by atoms with van der Waals surface area (Å²) in [5.74, 6) is -1.54. The minimum Gasteiger partial charge on any atom is -0.497 e. The van der Waals surface area contributed by atoms with Gasteiger partial charge in [0.25, 0.3) is 0 Å². The Balaban J connectivity index is 1.99. The minimum atomic E-state index is -4.20. The van der Waals surface area contributed by atoms with Crippen LogP contribution < -0.4 is 9.64 Å². The zero-order valence-corrected chi connectivity index (χ0v) is 13.5. The largest absolute Gasteiger partial charge is 0.497 e. The second-order valence-corrected chi connectivity index (χ2v) is 6.03. The number of piperidine rings is 1. The molecular weight excluding hydrogens is 337 g/mol. The summed E-state index contributed by atoms with van der Waals surface area (Å²) >= 11 is 0. The van der Waals surface area contributed by atoms with Gasteiger partial charge in [-0.15, -0.1) is 0 Å². The van der Waals surface area contributed by atoms with E-state index in [4.69, 9.17) is 4.74 Å². The van der Waals surface area contributed by atoms with Crippen LogP contribution in [0.5, 0.6) is 5.75 Å². The van der Waals surface area contributed by atoms with Gasteiger partial charge < -0.3 is 14.7 Å².